The Balaban J connectivity index is 2.05. The maximum atomic E-state index is 12.8. The summed E-state index contributed by atoms with van der Waals surface area (Å²) in [5.74, 6) is -1.43. The summed E-state index contributed by atoms with van der Waals surface area (Å²) in [5, 5.41) is 1.18. The number of carbonyl (C=O) groups excluding carboxylic acids is 3. The van der Waals surface area contributed by atoms with Gasteiger partial charge in [0.25, 0.3) is 0 Å². The number of ketones is 1. The number of carbonyl (C=O) groups is 3. The highest BCUT2D eigenvalue weighted by atomic mass is 16.6. The largest absolute Gasteiger partial charge is 0.386 e. The van der Waals surface area contributed by atoms with E-state index in [1.165, 1.54) is 0 Å². The highest BCUT2D eigenvalue weighted by Crippen LogP contribution is 2.42. The van der Waals surface area contributed by atoms with Gasteiger partial charge in [0.2, 0.25) is 0 Å². The molecule has 0 atom stereocenters. The molecule has 3 aromatic rings. The lowest BCUT2D eigenvalue weighted by molar-refractivity contribution is 0.0391. The first kappa shape index (κ1) is 12.3. The Morgan fingerprint density at radius 3 is 1.74 bits per heavy atom. The molecule has 2 aliphatic rings. The Bertz CT molecular complexity index is 1070. The van der Waals surface area contributed by atoms with Crippen LogP contribution in [0.15, 0.2) is 48.5 Å². The third-order valence-electron chi connectivity index (χ3n) is 4.49. The summed E-state index contributed by atoms with van der Waals surface area (Å²) in [6, 6.07) is 14.0. The van der Waals surface area contributed by atoms with Gasteiger partial charge in [-0.2, -0.15) is 0 Å². The number of cyclic esters (lactones) is 2. The number of hydrogen-bond donors (Lipinski definition) is 0. The van der Waals surface area contributed by atoms with Crippen LogP contribution < -0.4 is 0 Å². The zero-order valence-electron chi connectivity index (χ0n) is 11.8. The lowest BCUT2D eigenvalue weighted by Crippen LogP contribution is -2.21. The van der Waals surface area contributed by atoms with Crippen molar-refractivity contribution in [3.05, 3.63) is 70.8 Å². The van der Waals surface area contributed by atoms with E-state index in [9.17, 15) is 14.4 Å². The van der Waals surface area contributed by atoms with Crippen molar-refractivity contribution in [3.8, 4) is 11.1 Å². The SMILES string of the molecule is O=C1OC(=O)c2ccc3c4c(ccc1c24)C(=O)c1ccccc1-3. The first-order chi connectivity index (χ1) is 11.2. The quantitative estimate of drug-likeness (QED) is 0.369. The van der Waals surface area contributed by atoms with Crippen molar-refractivity contribution in [1.29, 1.82) is 0 Å². The lowest BCUT2D eigenvalue weighted by Gasteiger charge is -2.23. The molecular formula is C19H8O4. The van der Waals surface area contributed by atoms with Crippen LogP contribution in [-0.4, -0.2) is 17.7 Å². The first-order valence-electron chi connectivity index (χ1n) is 7.17. The molecule has 0 N–H and O–H groups in total. The Labute approximate surface area is 130 Å². The molecule has 1 heterocycles. The van der Waals surface area contributed by atoms with Crippen LogP contribution in [0.1, 0.15) is 36.6 Å². The Hall–Kier alpha value is -3.27. The summed E-state index contributed by atoms with van der Waals surface area (Å²) in [4.78, 5) is 36.8. The molecular weight excluding hydrogens is 292 g/mol. The normalized spacial score (nSPS) is 14.7. The smallest absolute Gasteiger partial charge is 0.346 e. The molecule has 23 heavy (non-hydrogen) atoms. The van der Waals surface area contributed by atoms with E-state index < -0.39 is 11.9 Å². The average molecular weight is 300 g/mol. The molecule has 0 radical (unpaired) electrons. The van der Waals surface area contributed by atoms with E-state index in [1.807, 2.05) is 24.3 Å². The first-order valence-corrected chi connectivity index (χ1v) is 7.17. The zero-order valence-corrected chi connectivity index (χ0v) is 11.8. The number of benzene rings is 3. The van der Waals surface area contributed by atoms with Crippen LogP contribution in [-0.2, 0) is 4.74 Å². The Kier molecular flexibility index (Phi) is 2.10. The Morgan fingerprint density at radius 2 is 1.04 bits per heavy atom. The summed E-state index contributed by atoms with van der Waals surface area (Å²) in [5.41, 5.74) is 3.48. The number of esters is 2. The zero-order chi connectivity index (χ0) is 15.7. The van der Waals surface area contributed by atoms with Crippen LogP contribution in [0.3, 0.4) is 0 Å². The van der Waals surface area contributed by atoms with Gasteiger partial charge >= 0.3 is 11.9 Å². The molecule has 1 aliphatic carbocycles. The van der Waals surface area contributed by atoms with E-state index in [2.05, 4.69) is 0 Å². The summed E-state index contributed by atoms with van der Waals surface area (Å²) in [7, 11) is 0. The molecule has 108 valence electrons. The third kappa shape index (κ3) is 1.38. The molecule has 0 fully saturated rings. The number of hydrogen-bond acceptors (Lipinski definition) is 4. The summed E-state index contributed by atoms with van der Waals surface area (Å²) in [6.45, 7) is 0. The van der Waals surface area contributed by atoms with Crippen LogP contribution >= 0.6 is 0 Å². The van der Waals surface area contributed by atoms with Crippen molar-refractivity contribution >= 4 is 28.5 Å². The maximum Gasteiger partial charge on any atom is 0.346 e. The van der Waals surface area contributed by atoms with Crippen molar-refractivity contribution in [1.82, 2.24) is 0 Å². The number of ether oxygens (including phenoxy) is 1. The minimum atomic E-state index is -0.669. The van der Waals surface area contributed by atoms with Gasteiger partial charge < -0.3 is 4.74 Å². The van der Waals surface area contributed by atoms with Crippen LogP contribution in [0.25, 0.3) is 21.9 Å². The third-order valence-corrected chi connectivity index (χ3v) is 4.49. The summed E-state index contributed by atoms with van der Waals surface area (Å²) in [6.07, 6.45) is 0. The summed E-state index contributed by atoms with van der Waals surface area (Å²) < 4.78 is 4.77. The van der Waals surface area contributed by atoms with E-state index in [0.717, 1.165) is 11.1 Å². The standard InChI is InChI=1S/C19H8O4/c20-17-11-4-2-1-3-9(11)10-5-7-13-16-14(19(22)23-18(13)21)8-6-12(17)15(10)16/h1-8H. The van der Waals surface area contributed by atoms with Crippen molar-refractivity contribution in [2.75, 3.05) is 0 Å². The van der Waals surface area contributed by atoms with Crippen molar-refractivity contribution in [3.63, 3.8) is 0 Å². The topological polar surface area (TPSA) is 60.4 Å². The highest BCUT2D eigenvalue weighted by Gasteiger charge is 2.33. The van der Waals surface area contributed by atoms with E-state index in [0.29, 0.717) is 33.0 Å². The van der Waals surface area contributed by atoms with Gasteiger partial charge in [-0.25, -0.2) is 9.59 Å². The van der Waals surface area contributed by atoms with Crippen molar-refractivity contribution < 1.29 is 19.1 Å². The van der Waals surface area contributed by atoms with Gasteiger partial charge in [-0.3, -0.25) is 4.79 Å². The van der Waals surface area contributed by atoms with Crippen LogP contribution in [0.4, 0.5) is 0 Å². The van der Waals surface area contributed by atoms with Gasteiger partial charge in [0.1, 0.15) is 0 Å². The molecule has 0 aromatic heterocycles. The van der Waals surface area contributed by atoms with Crippen LogP contribution in [0.5, 0.6) is 0 Å². The fourth-order valence-electron chi connectivity index (χ4n) is 3.50. The van der Waals surface area contributed by atoms with E-state index in [-0.39, 0.29) is 5.78 Å². The minimum Gasteiger partial charge on any atom is -0.386 e. The van der Waals surface area contributed by atoms with E-state index >= 15 is 0 Å². The fraction of sp³-hybridized carbons (Fsp3) is 0. The molecule has 5 rings (SSSR count). The van der Waals surface area contributed by atoms with Gasteiger partial charge in [0, 0.05) is 21.9 Å². The molecule has 0 saturated heterocycles. The van der Waals surface area contributed by atoms with Gasteiger partial charge in [-0.05, 0) is 29.3 Å². The molecule has 0 unspecified atom stereocenters. The molecule has 4 nitrogen and oxygen atoms in total. The second kappa shape index (κ2) is 3.93. The number of fused-ring (bicyclic) bond motifs is 2. The van der Waals surface area contributed by atoms with E-state index in [1.54, 1.807) is 24.3 Å². The Morgan fingerprint density at radius 1 is 0.522 bits per heavy atom. The molecule has 3 aromatic carbocycles. The predicted octanol–water partition coefficient (Wildman–Crippen LogP) is 3.36. The average Bonchev–Trinajstić information content (AvgIpc) is 2.57. The molecule has 4 heteroatoms. The monoisotopic (exact) mass is 300 g/mol. The van der Waals surface area contributed by atoms with Gasteiger partial charge in [-0.1, -0.05) is 30.3 Å². The second-order valence-electron chi connectivity index (χ2n) is 5.62. The van der Waals surface area contributed by atoms with Crippen molar-refractivity contribution in [2.45, 2.75) is 0 Å². The van der Waals surface area contributed by atoms with Crippen LogP contribution in [0.2, 0.25) is 0 Å². The molecule has 0 saturated carbocycles. The molecule has 0 bridgehead atoms. The lowest BCUT2D eigenvalue weighted by atomic mass is 9.80. The molecule has 0 spiro atoms. The van der Waals surface area contributed by atoms with Crippen molar-refractivity contribution in [2.24, 2.45) is 0 Å². The second-order valence-corrected chi connectivity index (χ2v) is 5.62. The van der Waals surface area contributed by atoms with Gasteiger partial charge in [-0.15, -0.1) is 0 Å². The van der Waals surface area contributed by atoms with Crippen LogP contribution in [0, 0.1) is 0 Å². The fourth-order valence-corrected chi connectivity index (χ4v) is 3.50. The maximum absolute atomic E-state index is 12.8. The number of rotatable bonds is 0. The van der Waals surface area contributed by atoms with Gasteiger partial charge in [0.05, 0.1) is 11.1 Å². The molecule has 1 aliphatic heterocycles. The van der Waals surface area contributed by atoms with Gasteiger partial charge in [0.15, 0.2) is 5.78 Å². The highest BCUT2D eigenvalue weighted by molar-refractivity contribution is 6.31. The predicted molar refractivity (Wildman–Crippen MR) is 82.6 cm³/mol. The minimum absolute atomic E-state index is 0.0943. The molecule has 0 amide bonds. The summed E-state index contributed by atoms with van der Waals surface area (Å²) >= 11 is 0. The van der Waals surface area contributed by atoms with E-state index in [4.69, 9.17) is 4.74 Å².